The third kappa shape index (κ3) is 4.51. The molecule has 0 N–H and O–H groups in total. The highest BCUT2D eigenvalue weighted by Gasteiger charge is 2.37. The number of aliphatic imine (C=N–C) groups is 1. The number of nitrogens with zero attached hydrogens (tertiary/aromatic N) is 2. The van der Waals surface area contributed by atoms with Crippen molar-refractivity contribution in [2.45, 2.75) is 19.9 Å². The number of hydrogen-bond donors (Lipinski definition) is 0. The smallest absolute Gasteiger partial charge is 0.425 e. The molecule has 6 nitrogen and oxygen atoms in total. The number of amidine groups is 1. The quantitative estimate of drug-likeness (QED) is 0.678. The lowest BCUT2D eigenvalue weighted by Crippen LogP contribution is -2.40. The molecule has 29 heavy (non-hydrogen) atoms. The highest BCUT2D eigenvalue weighted by Crippen LogP contribution is 2.36. The zero-order chi connectivity index (χ0) is 20.8. The summed E-state index contributed by atoms with van der Waals surface area (Å²) in [4.78, 5) is 31.7. The van der Waals surface area contributed by atoms with Crippen LogP contribution in [0, 0.1) is 0 Å². The number of ether oxygens (including phenoxy) is 2. The molecule has 1 aliphatic heterocycles. The van der Waals surface area contributed by atoms with Gasteiger partial charge in [-0.1, -0.05) is 60.3 Å². The van der Waals surface area contributed by atoms with Crippen LogP contribution in [0.2, 0.25) is 0 Å². The molecule has 2 aromatic rings. The minimum atomic E-state index is -0.630. The van der Waals surface area contributed by atoms with Gasteiger partial charge in [-0.05, 0) is 37.8 Å². The summed E-state index contributed by atoms with van der Waals surface area (Å²) in [5.74, 6) is -0.0890. The molecule has 1 aliphatic rings. The molecule has 1 amide bonds. The van der Waals surface area contributed by atoms with Crippen LogP contribution in [0.25, 0.3) is 0 Å². The second kappa shape index (κ2) is 9.43. The maximum Gasteiger partial charge on any atom is 0.425 e. The van der Waals surface area contributed by atoms with Crippen LogP contribution >= 0.6 is 11.8 Å². The lowest BCUT2D eigenvalue weighted by Gasteiger charge is -2.32. The van der Waals surface area contributed by atoms with Crippen molar-refractivity contribution in [2.75, 3.05) is 12.9 Å². The molecule has 0 bridgehead atoms. The first-order valence-corrected chi connectivity index (χ1v) is 10.4. The molecule has 150 valence electrons. The van der Waals surface area contributed by atoms with Crippen LogP contribution in [0.15, 0.2) is 76.9 Å². The lowest BCUT2D eigenvalue weighted by molar-refractivity contribution is -0.139. The fourth-order valence-electron chi connectivity index (χ4n) is 3.03. The molecule has 1 heterocycles. The summed E-state index contributed by atoms with van der Waals surface area (Å²) in [6, 6.07) is 17.7. The molecule has 2 aromatic carbocycles. The van der Waals surface area contributed by atoms with E-state index in [0.717, 1.165) is 5.56 Å². The van der Waals surface area contributed by atoms with Crippen molar-refractivity contribution >= 4 is 29.0 Å². The summed E-state index contributed by atoms with van der Waals surface area (Å²) in [5.41, 5.74) is 1.61. The Kier molecular flexibility index (Phi) is 6.72. The van der Waals surface area contributed by atoms with Crippen LogP contribution in [0.4, 0.5) is 4.79 Å². The highest BCUT2D eigenvalue weighted by atomic mass is 32.2. The number of amides is 1. The standard InChI is InChI=1S/C22H22N2O4S/c1-4-27-20(25)18-15(2)24(22(26)28-17-13-9-6-10-14-17)21(29-3)23-19(18)16-11-7-5-8-12-16/h5-14,19H,4H2,1-3H3/t19-/m0/s1. The number of hydrogen-bond acceptors (Lipinski definition) is 6. The molecule has 0 unspecified atom stereocenters. The third-order valence-corrected chi connectivity index (χ3v) is 5.01. The second-order valence-corrected chi connectivity index (χ2v) is 6.94. The number of rotatable bonds is 4. The Balaban J connectivity index is 2.04. The van der Waals surface area contributed by atoms with Gasteiger partial charge in [-0.25, -0.2) is 19.5 Å². The Morgan fingerprint density at radius 2 is 1.69 bits per heavy atom. The highest BCUT2D eigenvalue weighted by molar-refractivity contribution is 8.13. The first-order valence-electron chi connectivity index (χ1n) is 9.18. The number of esters is 1. The van der Waals surface area contributed by atoms with Gasteiger partial charge in [0, 0.05) is 5.70 Å². The molecule has 0 radical (unpaired) electrons. The summed E-state index contributed by atoms with van der Waals surface area (Å²) in [6.07, 6.45) is 1.20. The number of allylic oxidation sites excluding steroid dienone is 1. The van der Waals surface area contributed by atoms with E-state index >= 15 is 0 Å². The van der Waals surface area contributed by atoms with Gasteiger partial charge in [0.05, 0.1) is 12.2 Å². The minimum Gasteiger partial charge on any atom is -0.463 e. The fourth-order valence-corrected chi connectivity index (χ4v) is 3.64. The number of para-hydroxylation sites is 1. The Hall–Kier alpha value is -3.06. The molecular weight excluding hydrogens is 388 g/mol. The van der Waals surface area contributed by atoms with E-state index in [-0.39, 0.29) is 6.61 Å². The van der Waals surface area contributed by atoms with Crippen molar-refractivity contribution in [2.24, 2.45) is 4.99 Å². The van der Waals surface area contributed by atoms with E-state index in [1.165, 1.54) is 16.7 Å². The molecule has 0 aliphatic carbocycles. The molecule has 7 heteroatoms. The van der Waals surface area contributed by atoms with Crippen molar-refractivity contribution in [3.63, 3.8) is 0 Å². The van der Waals surface area contributed by atoms with Crippen molar-refractivity contribution in [1.29, 1.82) is 0 Å². The van der Waals surface area contributed by atoms with Gasteiger partial charge >= 0.3 is 12.1 Å². The summed E-state index contributed by atoms with van der Waals surface area (Å²) in [5, 5.41) is 0.449. The van der Waals surface area contributed by atoms with Gasteiger partial charge in [-0.15, -0.1) is 0 Å². The van der Waals surface area contributed by atoms with Gasteiger partial charge in [-0.2, -0.15) is 0 Å². The molecule has 3 rings (SSSR count). The van der Waals surface area contributed by atoms with E-state index in [9.17, 15) is 9.59 Å². The summed E-state index contributed by atoms with van der Waals surface area (Å²) in [6.45, 7) is 3.68. The second-order valence-electron chi connectivity index (χ2n) is 6.17. The van der Waals surface area contributed by atoms with Crippen molar-refractivity contribution in [1.82, 2.24) is 4.90 Å². The number of thioether (sulfide) groups is 1. The van der Waals surface area contributed by atoms with Crippen LogP contribution in [0.5, 0.6) is 5.75 Å². The number of benzene rings is 2. The van der Waals surface area contributed by atoms with Gasteiger partial charge in [0.1, 0.15) is 11.8 Å². The van der Waals surface area contributed by atoms with Crippen molar-refractivity contribution in [3.05, 3.63) is 77.5 Å². The van der Waals surface area contributed by atoms with E-state index in [0.29, 0.717) is 22.2 Å². The van der Waals surface area contributed by atoms with Gasteiger partial charge in [0.25, 0.3) is 0 Å². The summed E-state index contributed by atoms with van der Waals surface area (Å²) < 4.78 is 10.8. The van der Waals surface area contributed by atoms with Gasteiger partial charge in [0.15, 0.2) is 5.17 Å². The number of carbonyl (C=O) groups excluding carboxylic acids is 2. The van der Waals surface area contributed by atoms with Gasteiger partial charge in [-0.3, -0.25) is 0 Å². The van der Waals surface area contributed by atoms with Crippen LogP contribution < -0.4 is 4.74 Å². The number of carbonyl (C=O) groups is 2. The largest absolute Gasteiger partial charge is 0.463 e. The topological polar surface area (TPSA) is 68.2 Å². The summed E-state index contributed by atoms with van der Waals surface area (Å²) in [7, 11) is 0. The molecule has 1 atom stereocenters. The molecule has 0 spiro atoms. The van der Waals surface area contributed by atoms with E-state index in [1.807, 2.05) is 42.7 Å². The minimum absolute atomic E-state index is 0.227. The Bertz CT molecular complexity index is 942. The molecule has 0 saturated heterocycles. The normalized spacial score (nSPS) is 16.3. The van der Waals surface area contributed by atoms with E-state index < -0.39 is 18.1 Å². The third-order valence-electron chi connectivity index (χ3n) is 4.35. The molecule has 0 aromatic heterocycles. The Labute approximate surface area is 174 Å². The fraction of sp³-hybridized carbons (Fsp3) is 0.227. The Morgan fingerprint density at radius 1 is 1.07 bits per heavy atom. The van der Waals surface area contributed by atoms with Crippen LogP contribution in [0.1, 0.15) is 25.5 Å². The van der Waals surface area contributed by atoms with Crippen molar-refractivity contribution < 1.29 is 19.1 Å². The molecular formula is C22H22N2O4S. The predicted molar refractivity (Wildman–Crippen MR) is 114 cm³/mol. The van der Waals surface area contributed by atoms with Gasteiger partial charge in [0.2, 0.25) is 0 Å². The van der Waals surface area contributed by atoms with E-state index in [2.05, 4.69) is 0 Å². The molecule has 0 saturated carbocycles. The lowest BCUT2D eigenvalue weighted by atomic mass is 9.96. The van der Waals surface area contributed by atoms with Crippen LogP contribution in [-0.4, -0.2) is 35.0 Å². The average Bonchev–Trinajstić information content (AvgIpc) is 2.74. The van der Waals surface area contributed by atoms with E-state index in [1.54, 1.807) is 38.1 Å². The zero-order valence-electron chi connectivity index (χ0n) is 16.5. The predicted octanol–water partition coefficient (Wildman–Crippen LogP) is 4.80. The monoisotopic (exact) mass is 410 g/mol. The van der Waals surface area contributed by atoms with Gasteiger partial charge < -0.3 is 9.47 Å². The first-order chi connectivity index (χ1) is 14.1. The van der Waals surface area contributed by atoms with Crippen molar-refractivity contribution in [3.8, 4) is 5.75 Å². The first kappa shape index (κ1) is 20.7. The van der Waals surface area contributed by atoms with Crippen LogP contribution in [0.3, 0.4) is 0 Å². The zero-order valence-corrected chi connectivity index (χ0v) is 17.3. The Morgan fingerprint density at radius 3 is 2.28 bits per heavy atom. The average molecular weight is 410 g/mol. The SMILES string of the molecule is CCOC(=O)C1=C(C)N(C(=O)Oc2ccccc2)C(SC)=N[C@H]1c1ccccc1. The maximum atomic E-state index is 12.9. The van der Waals surface area contributed by atoms with Crippen LogP contribution in [-0.2, 0) is 9.53 Å². The summed E-state index contributed by atoms with van der Waals surface area (Å²) >= 11 is 1.31. The maximum absolute atomic E-state index is 12.9. The van der Waals surface area contributed by atoms with E-state index in [4.69, 9.17) is 14.5 Å². The molecule has 0 fully saturated rings.